The molecule has 116 valence electrons. The third-order valence-electron chi connectivity index (χ3n) is 2.45. The topological polar surface area (TPSA) is 105 Å². The molecule has 1 aromatic carbocycles. The van der Waals surface area contributed by atoms with Crippen LogP contribution >= 0.6 is 0 Å². The van der Waals surface area contributed by atoms with Crippen molar-refractivity contribution in [3.8, 4) is 5.75 Å². The zero-order chi connectivity index (χ0) is 16.3. The summed E-state index contributed by atoms with van der Waals surface area (Å²) in [6, 6.07) is 5.09. The third kappa shape index (κ3) is 4.35. The maximum absolute atomic E-state index is 11.8. The van der Waals surface area contributed by atoms with Gasteiger partial charge in [-0.1, -0.05) is 0 Å². The molecular weight excluding hydrogens is 278 g/mol. The third-order valence-corrected chi connectivity index (χ3v) is 2.45. The van der Waals surface area contributed by atoms with Gasteiger partial charge in [-0.3, -0.25) is 5.32 Å². The van der Waals surface area contributed by atoms with Crippen molar-refractivity contribution in [1.29, 1.82) is 0 Å². The van der Waals surface area contributed by atoms with Crippen LogP contribution in [0.3, 0.4) is 0 Å². The van der Waals surface area contributed by atoms with Crippen LogP contribution in [0.2, 0.25) is 0 Å². The van der Waals surface area contributed by atoms with E-state index in [0.29, 0.717) is 0 Å². The molecule has 1 amide bonds. The summed E-state index contributed by atoms with van der Waals surface area (Å²) in [6.07, 6.45) is -0.983. The normalized spacial score (nSPS) is 14.0. The number of carbonyl (C=O) groups is 2. The van der Waals surface area contributed by atoms with Crippen LogP contribution in [0.4, 0.5) is 4.79 Å². The van der Waals surface area contributed by atoms with Gasteiger partial charge in [-0.25, -0.2) is 9.59 Å². The largest absolute Gasteiger partial charge is 0.508 e. The second kappa shape index (κ2) is 6.01. The van der Waals surface area contributed by atoms with E-state index < -0.39 is 23.4 Å². The van der Waals surface area contributed by atoms with Crippen LogP contribution < -0.4 is 5.32 Å². The van der Waals surface area contributed by atoms with Crippen molar-refractivity contribution in [2.45, 2.75) is 32.1 Å². The minimum Gasteiger partial charge on any atom is -0.508 e. The van der Waals surface area contributed by atoms with Crippen molar-refractivity contribution in [2.24, 2.45) is 0 Å². The molecule has 3 N–H and O–H groups in total. The molecule has 0 aliphatic heterocycles. The van der Waals surface area contributed by atoms with E-state index >= 15 is 0 Å². The van der Waals surface area contributed by atoms with Gasteiger partial charge >= 0.3 is 12.1 Å². The highest BCUT2D eigenvalue weighted by Crippen LogP contribution is 2.23. The highest BCUT2D eigenvalue weighted by Gasteiger charge is 2.42. The number of nitrogens with one attached hydrogen (secondary N) is 1. The van der Waals surface area contributed by atoms with Gasteiger partial charge in [0.05, 0.1) is 7.11 Å². The second-order valence-electron chi connectivity index (χ2n) is 5.38. The quantitative estimate of drug-likeness (QED) is 0.572. The van der Waals surface area contributed by atoms with Crippen molar-refractivity contribution >= 4 is 12.1 Å². The summed E-state index contributed by atoms with van der Waals surface area (Å²) in [4.78, 5) is 23.6. The molecule has 0 heterocycles. The van der Waals surface area contributed by atoms with Gasteiger partial charge in [-0.2, -0.15) is 0 Å². The van der Waals surface area contributed by atoms with E-state index in [1.165, 1.54) is 24.3 Å². The van der Waals surface area contributed by atoms with Crippen molar-refractivity contribution in [3.05, 3.63) is 29.8 Å². The molecule has 0 aromatic heterocycles. The molecular formula is C14H19NO6. The van der Waals surface area contributed by atoms with Gasteiger partial charge in [0.2, 0.25) is 0 Å². The highest BCUT2D eigenvalue weighted by atomic mass is 16.6. The lowest BCUT2D eigenvalue weighted by molar-refractivity contribution is -0.167. The van der Waals surface area contributed by atoms with E-state index in [4.69, 9.17) is 4.74 Å². The summed E-state index contributed by atoms with van der Waals surface area (Å²) in [6.45, 7) is 4.93. The van der Waals surface area contributed by atoms with Crippen molar-refractivity contribution in [2.75, 3.05) is 7.11 Å². The summed E-state index contributed by atoms with van der Waals surface area (Å²) in [5.74, 6) is -1.14. The van der Waals surface area contributed by atoms with Gasteiger partial charge in [0.15, 0.2) is 0 Å². The summed E-state index contributed by atoms with van der Waals surface area (Å²) in [5.41, 5.74) is -3.18. The summed E-state index contributed by atoms with van der Waals surface area (Å²) in [7, 11) is 1.07. The summed E-state index contributed by atoms with van der Waals surface area (Å²) in [5, 5.41) is 21.8. The fourth-order valence-corrected chi connectivity index (χ4v) is 1.54. The fourth-order valence-electron chi connectivity index (χ4n) is 1.54. The number of alkyl carbamates (subject to hydrolysis) is 1. The first-order chi connectivity index (χ1) is 9.58. The molecule has 0 fully saturated rings. The number of ether oxygens (including phenoxy) is 2. The average Bonchev–Trinajstić information content (AvgIpc) is 2.35. The smallest absolute Gasteiger partial charge is 0.410 e. The van der Waals surface area contributed by atoms with Crippen molar-refractivity contribution < 1.29 is 29.3 Å². The van der Waals surface area contributed by atoms with Crippen LogP contribution in [-0.2, 0) is 20.0 Å². The van der Waals surface area contributed by atoms with Crippen LogP contribution in [-0.4, -0.2) is 35.0 Å². The van der Waals surface area contributed by atoms with Gasteiger partial charge in [0.1, 0.15) is 11.4 Å². The van der Waals surface area contributed by atoms with Gasteiger partial charge in [0, 0.05) is 5.56 Å². The Labute approximate surface area is 122 Å². The lowest BCUT2D eigenvalue weighted by atomic mass is 10.0. The molecule has 1 aromatic rings. The summed E-state index contributed by atoms with van der Waals surface area (Å²) >= 11 is 0. The molecule has 0 radical (unpaired) electrons. The standard InChI is InChI=1S/C14H19NO6/c1-13(2,3)21-12(18)15-14(19,11(17)20-4)9-5-7-10(16)8-6-9/h5-8,16,19H,1-4H3,(H,15,18)/t14-/m0/s1. The first-order valence-electron chi connectivity index (χ1n) is 6.20. The number of esters is 1. The number of rotatable bonds is 3. The molecule has 7 nitrogen and oxygen atoms in total. The van der Waals surface area contributed by atoms with Crippen molar-refractivity contribution in [1.82, 2.24) is 5.32 Å². The number of aliphatic hydroxyl groups is 1. The SMILES string of the molecule is COC(=O)[C@](O)(NC(=O)OC(C)(C)C)c1ccc(O)cc1. The molecule has 1 rings (SSSR count). The van der Waals surface area contributed by atoms with E-state index in [1.54, 1.807) is 20.8 Å². The number of hydrogen-bond acceptors (Lipinski definition) is 6. The van der Waals surface area contributed by atoms with E-state index in [-0.39, 0.29) is 11.3 Å². The molecule has 21 heavy (non-hydrogen) atoms. The second-order valence-corrected chi connectivity index (χ2v) is 5.38. The van der Waals surface area contributed by atoms with E-state index in [2.05, 4.69) is 10.1 Å². The molecule has 0 saturated heterocycles. The highest BCUT2D eigenvalue weighted by molar-refractivity contribution is 5.85. The molecule has 0 unspecified atom stereocenters. The van der Waals surface area contributed by atoms with Gasteiger partial charge in [-0.15, -0.1) is 0 Å². The van der Waals surface area contributed by atoms with Crippen molar-refractivity contribution in [3.63, 3.8) is 0 Å². The first-order valence-corrected chi connectivity index (χ1v) is 6.20. The van der Waals surface area contributed by atoms with Crippen LogP contribution in [0.25, 0.3) is 0 Å². The maximum Gasteiger partial charge on any atom is 0.410 e. The Hall–Kier alpha value is -2.28. The maximum atomic E-state index is 11.8. The van der Waals surface area contributed by atoms with Gasteiger partial charge in [0.25, 0.3) is 5.72 Å². The van der Waals surface area contributed by atoms with Crippen LogP contribution in [0.5, 0.6) is 5.75 Å². The minimum atomic E-state index is -2.41. The monoisotopic (exact) mass is 297 g/mol. The predicted octanol–water partition coefficient (Wildman–Crippen LogP) is 1.23. The molecule has 7 heteroatoms. The number of aromatic hydroxyl groups is 1. The zero-order valence-electron chi connectivity index (χ0n) is 12.3. The van der Waals surface area contributed by atoms with Crippen LogP contribution in [0, 0.1) is 0 Å². The number of benzene rings is 1. The van der Waals surface area contributed by atoms with E-state index in [1.807, 2.05) is 0 Å². The number of phenols is 1. The Kier molecular flexibility index (Phi) is 4.80. The molecule has 1 atom stereocenters. The predicted molar refractivity (Wildman–Crippen MR) is 73.4 cm³/mol. The average molecular weight is 297 g/mol. The number of hydrogen-bond donors (Lipinski definition) is 3. The van der Waals surface area contributed by atoms with E-state index in [9.17, 15) is 19.8 Å². The fraction of sp³-hybridized carbons (Fsp3) is 0.429. The molecule has 0 spiro atoms. The molecule has 0 bridgehead atoms. The van der Waals surface area contributed by atoms with Gasteiger partial charge in [-0.05, 0) is 45.0 Å². The molecule has 0 aliphatic rings. The minimum absolute atomic E-state index is 0.0259. The first kappa shape index (κ1) is 16.8. The Balaban J connectivity index is 3.08. The van der Waals surface area contributed by atoms with E-state index in [0.717, 1.165) is 7.11 Å². The summed E-state index contributed by atoms with van der Waals surface area (Å²) < 4.78 is 9.52. The zero-order valence-corrected chi connectivity index (χ0v) is 12.3. The Morgan fingerprint density at radius 3 is 2.10 bits per heavy atom. The lowest BCUT2D eigenvalue weighted by Gasteiger charge is -2.28. The lowest BCUT2D eigenvalue weighted by Crippen LogP contribution is -2.53. The van der Waals surface area contributed by atoms with Gasteiger partial charge < -0.3 is 19.7 Å². The number of carbonyl (C=O) groups excluding carboxylic acids is 2. The number of methoxy groups -OCH3 is 1. The number of phenolic OH excluding ortho intramolecular Hbond substituents is 1. The Bertz CT molecular complexity index is 519. The Morgan fingerprint density at radius 1 is 1.14 bits per heavy atom. The van der Waals surface area contributed by atoms with Crippen LogP contribution in [0.15, 0.2) is 24.3 Å². The Morgan fingerprint density at radius 2 is 1.67 bits per heavy atom. The molecule has 0 aliphatic carbocycles. The van der Waals surface area contributed by atoms with Crippen LogP contribution in [0.1, 0.15) is 26.3 Å². The molecule has 0 saturated carbocycles. The number of amides is 1.